The molecule has 5 rings (SSSR count). The summed E-state index contributed by atoms with van der Waals surface area (Å²) in [5.41, 5.74) is 8.81. The number of hydrogen-bond acceptors (Lipinski definition) is 9. The van der Waals surface area contributed by atoms with Crippen molar-refractivity contribution in [3.05, 3.63) is 41.8 Å². The lowest BCUT2D eigenvalue weighted by Gasteiger charge is -2.18. The summed E-state index contributed by atoms with van der Waals surface area (Å²) in [6.07, 6.45) is 0.993. The minimum absolute atomic E-state index is 0.0584. The second kappa shape index (κ2) is 9.29. The number of fused-ring (bicyclic) bond motifs is 3. The van der Waals surface area contributed by atoms with Crippen LogP contribution in [0.25, 0.3) is 22.6 Å². The number of hydrogen-bond donors (Lipinski definition) is 1. The molecule has 4 heterocycles. The van der Waals surface area contributed by atoms with E-state index in [4.69, 9.17) is 20.2 Å². The Hall–Kier alpha value is -3.48. The summed E-state index contributed by atoms with van der Waals surface area (Å²) in [4.78, 5) is 30.2. The monoisotopic (exact) mass is 483 g/mol. The van der Waals surface area contributed by atoms with Crippen LogP contribution in [-0.4, -0.2) is 62.7 Å². The van der Waals surface area contributed by atoms with Crippen molar-refractivity contribution in [3.8, 4) is 22.6 Å². The molecule has 0 bridgehead atoms. The smallest absolute Gasteiger partial charge is 0.415 e. The third-order valence-electron chi connectivity index (χ3n) is 6.31. The number of pyridine rings is 1. The molecule has 184 valence electrons. The molecule has 2 aliphatic heterocycles. The number of amides is 1. The number of anilines is 1. The lowest BCUT2D eigenvalue weighted by molar-refractivity contribution is -0.307. The zero-order chi connectivity index (χ0) is 24.7. The molecule has 0 spiro atoms. The Balaban J connectivity index is 1.30. The van der Waals surface area contributed by atoms with Gasteiger partial charge >= 0.3 is 6.09 Å². The quantitative estimate of drug-likeness (QED) is 0.291. The second-order valence-electron chi connectivity index (χ2n) is 9.04. The van der Waals surface area contributed by atoms with Crippen molar-refractivity contribution in [2.45, 2.75) is 38.5 Å². The van der Waals surface area contributed by atoms with Crippen molar-refractivity contribution in [3.63, 3.8) is 0 Å². The van der Waals surface area contributed by atoms with Crippen LogP contribution in [0.15, 0.2) is 30.5 Å². The highest BCUT2D eigenvalue weighted by Crippen LogP contribution is 2.41. The first-order valence-corrected chi connectivity index (χ1v) is 11.3. The topological polar surface area (TPSA) is 131 Å². The van der Waals surface area contributed by atoms with Crippen LogP contribution in [0.2, 0.25) is 0 Å². The molecule has 2 aliphatic rings. The van der Waals surface area contributed by atoms with Gasteiger partial charge in [-0.3, -0.25) is 9.88 Å². The van der Waals surface area contributed by atoms with Gasteiger partial charge in [0.1, 0.15) is 18.1 Å². The summed E-state index contributed by atoms with van der Waals surface area (Å²) in [7, 11) is 1.66. The van der Waals surface area contributed by atoms with Crippen LogP contribution in [0.5, 0.6) is 0 Å². The SMILES string of the molecule is CC(C)[C@H](N)COOC[C@@H]1OC(=O)N2c3cc(F)c(-c4ccc(-c5nnn(C)n5)nc4)cc3C[C@@H]12. The molecule has 11 nitrogen and oxygen atoms in total. The van der Waals surface area contributed by atoms with Gasteiger partial charge in [-0.15, -0.1) is 10.2 Å². The number of cyclic esters (lactones) is 1. The Morgan fingerprint density at radius 1 is 1.29 bits per heavy atom. The van der Waals surface area contributed by atoms with E-state index in [-0.39, 0.29) is 31.2 Å². The van der Waals surface area contributed by atoms with Gasteiger partial charge in [-0.25, -0.2) is 19.0 Å². The van der Waals surface area contributed by atoms with Gasteiger partial charge in [-0.2, -0.15) is 4.80 Å². The molecule has 2 aromatic heterocycles. The van der Waals surface area contributed by atoms with Gasteiger partial charge in [0, 0.05) is 23.4 Å². The van der Waals surface area contributed by atoms with Gasteiger partial charge < -0.3 is 10.5 Å². The predicted molar refractivity (Wildman–Crippen MR) is 122 cm³/mol. The molecule has 35 heavy (non-hydrogen) atoms. The molecule has 1 aromatic carbocycles. The molecular formula is C23H26FN7O4. The summed E-state index contributed by atoms with van der Waals surface area (Å²) in [6.45, 7) is 4.28. The maximum absolute atomic E-state index is 15.1. The van der Waals surface area contributed by atoms with Crippen LogP contribution in [0.4, 0.5) is 14.9 Å². The van der Waals surface area contributed by atoms with Crippen LogP contribution in [0, 0.1) is 11.7 Å². The maximum atomic E-state index is 15.1. The zero-order valence-electron chi connectivity index (χ0n) is 19.6. The number of rotatable bonds is 8. The van der Waals surface area contributed by atoms with Crippen LogP contribution < -0.4 is 10.6 Å². The number of carbonyl (C=O) groups excluding carboxylic acids is 1. The number of nitrogens with two attached hydrogens (primary N) is 1. The number of nitrogens with zero attached hydrogens (tertiary/aromatic N) is 6. The van der Waals surface area contributed by atoms with E-state index in [1.165, 1.54) is 15.8 Å². The van der Waals surface area contributed by atoms with Gasteiger partial charge in [0.05, 0.1) is 25.4 Å². The van der Waals surface area contributed by atoms with E-state index in [0.29, 0.717) is 34.8 Å². The lowest BCUT2D eigenvalue weighted by atomic mass is 10.00. The number of aromatic nitrogens is 5. The molecule has 0 aliphatic carbocycles. The number of carbonyl (C=O) groups is 1. The number of aryl methyl sites for hydroxylation is 1. The molecule has 3 aromatic rings. The van der Waals surface area contributed by atoms with E-state index >= 15 is 4.39 Å². The molecule has 2 N–H and O–H groups in total. The van der Waals surface area contributed by atoms with Crippen LogP contribution in [0.3, 0.4) is 0 Å². The molecule has 0 radical (unpaired) electrons. The van der Waals surface area contributed by atoms with Crippen molar-refractivity contribution in [2.75, 3.05) is 18.1 Å². The maximum Gasteiger partial charge on any atom is 0.415 e. The highest BCUT2D eigenvalue weighted by molar-refractivity contribution is 5.94. The normalized spacial score (nSPS) is 19.7. The Morgan fingerprint density at radius 2 is 2.11 bits per heavy atom. The third-order valence-corrected chi connectivity index (χ3v) is 6.31. The van der Waals surface area contributed by atoms with E-state index in [1.54, 1.807) is 31.4 Å². The van der Waals surface area contributed by atoms with E-state index in [1.807, 2.05) is 13.8 Å². The third kappa shape index (κ3) is 4.47. The first kappa shape index (κ1) is 23.3. The highest BCUT2D eigenvalue weighted by Gasteiger charge is 2.48. The molecule has 1 fully saturated rings. The second-order valence-corrected chi connectivity index (χ2v) is 9.04. The van der Waals surface area contributed by atoms with Crippen molar-refractivity contribution in [1.29, 1.82) is 0 Å². The molecule has 0 saturated carbocycles. The average molecular weight is 484 g/mol. The Labute approximate surface area is 200 Å². The van der Waals surface area contributed by atoms with Crippen molar-refractivity contribution in [2.24, 2.45) is 18.7 Å². The summed E-state index contributed by atoms with van der Waals surface area (Å²) in [5.74, 6) is 0.174. The minimum Gasteiger partial charge on any atom is -0.441 e. The average Bonchev–Trinajstić information content (AvgIpc) is 3.51. The summed E-state index contributed by atoms with van der Waals surface area (Å²) in [5, 5.41) is 11.8. The van der Waals surface area contributed by atoms with Crippen LogP contribution in [0.1, 0.15) is 19.4 Å². The molecule has 12 heteroatoms. The lowest BCUT2D eigenvalue weighted by Crippen LogP contribution is -2.36. The van der Waals surface area contributed by atoms with E-state index in [9.17, 15) is 4.79 Å². The van der Waals surface area contributed by atoms with Crippen molar-refractivity contribution < 1.29 is 23.7 Å². The molecular weight excluding hydrogens is 457 g/mol. The van der Waals surface area contributed by atoms with E-state index in [0.717, 1.165) is 5.56 Å². The predicted octanol–water partition coefficient (Wildman–Crippen LogP) is 2.26. The number of ether oxygens (including phenoxy) is 1. The van der Waals surface area contributed by atoms with Crippen LogP contribution >= 0.6 is 0 Å². The van der Waals surface area contributed by atoms with Gasteiger partial charge in [0.25, 0.3) is 0 Å². The first-order chi connectivity index (χ1) is 16.8. The molecule has 1 saturated heterocycles. The fraction of sp³-hybridized carbons (Fsp3) is 0.435. The number of benzene rings is 1. The molecule has 1 amide bonds. The van der Waals surface area contributed by atoms with Crippen molar-refractivity contribution >= 4 is 11.8 Å². The molecule has 3 atom stereocenters. The summed E-state index contributed by atoms with van der Waals surface area (Å²) < 4.78 is 20.6. The van der Waals surface area contributed by atoms with Gasteiger partial charge in [-0.05, 0) is 41.3 Å². The highest BCUT2D eigenvalue weighted by atomic mass is 19.1. The van der Waals surface area contributed by atoms with Crippen molar-refractivity contribution in [1.82, 2.24) is 25.2 Å². The standard InChI is InChI=1S/C23H26FN7O4/c1-12(2)17(25)10-33-34-11-21-20-7-14-6-15(16(24)8-19(14)31(20)23(32)35-21)13-4-5-18(26-9-13)22-27-29-30(3)28-22/h4-6,8-9,12,17,20-21H,7,10-11,25H2,1-3H3/t17-,20+,21+/m1/s1. The van der Waals surface area contributed by atoms with Crippen LogP contribution in [-0.2, 0) is 28.0 Å². The van der Waals surface area contributed by atoms with Gasteiger partial charge in [0.15, 0.2) is 6.10 Å². The Morgan fingerprint density at radius 3 is 2.80 bits per heavy atom. The first-order valence-electron chi connectivity index (χ1n) is 11.3. The van der Waals surface area contributed by atoms with E-state index in [2.05, 4.69) is 20.4 Å². The largest absolute Gasteiger partial charge is 0.441 e. The fourth-order valence-corrected chi connectivity index (χ4v) is 4.16. The zero-order valence-corrected chi connectivity index (χ0v) is 19.6. The van der Waals surface area contributed by atoms with Gasteiger partial charge in [-0.1, -0.05) is 19.9 Å². The Bertz CT molecular complexity index is 1230. The number of tetrazole rings is 1. The van der Waals surface area contributed by atoms with E-state index < -0.39 is 18.0 Å². The fourth-order valence-electron chi connectivity index (χ4n) is 4.16. The van der Waals surface area contributed by atoms with Gasteiger partial charge in [0.2, 0.25) is 5.82 Å². The number of halogens is 1. The summed E-state index contributed by atoms with van der Waals surface area (Å²) in [6, 6.07) is 6.12. The molecule has 0 unspecified atom stereocenters. The minimum atomic E-state index is -0.544. The summed E-state index contributed by atoms with van der Waals surface area (Å²) >= 11 is 0. The Kier molecular flexibility index (Phi) is 6.17.